The Kier molecular flexibility index (Phi) is 7.00. The Bertz CT molecular complexity index is 670. The molecule has 3 atom stereocenters. The molecular formula is C18H26BrN3O4. The molecule has 0 saturated heterocycles. The first-order valence-electron chi connectivity index (χ1n) is 8.76. The minimum atomic E-state index is -0.328. The Morgan fingerprint density at radius 2 is 2.27 bits per heavy atom. The van der Waals surface area contributed by atoms with Crippen LogP contribution in [0.1, 0.15) is 37.6 Å². The summed E-state index contributed by atoms with van der Waals surface area (Å²) in [5.41, 5.74) is 0.348. The van der Waals surface area contributed by atoms with Gasteiger partial charge in [0.15, 0.2) is 0 Å². The molecule has 144 valence electrons. The number of fused-ring (bicyclic) bond motifs is 1. The molecule has 7 nitrogen and oxygen atoms in total. The number of nitrogens with zero attached hydrogens (tertiary/aromatic N) is 3. The van der Waals surface area contributed by atoms with Crippen molar-refractivity contribution in [2.75, 3.05) is 26.7 Å². The van der Waals surface area contributed by atoms with Crippen molar-refractivity contribution in [1.29, 1.82) is 0 Å². The van der Waals surface area contributed by atoms with E-state index in [2.05, 4.69) is 20.9 Å². The predicted octanol–water partition coefficient (Wildman–Crippen LogP) is 1.93. The summed E-state index contributed by atoms with van der Waals surface area (Å²) in [6, 6.07) is 1.35. The normalized spacial score (nSPS) is 21.3. The lowest BCUT2D eigenvalue weighted by molar-refractivity contribution is -0.131. The van der Waals surface area contributed by atoms with E-state index in [9.17, 15) is 14.7 Å². The second-order valence-corrected chi connectivity index (χ2v) is 7.67. The van der Waals surface area contributed by atoms with Gasteiger partial charge in [-0.2, -0.15) is 0 Å². The molecule has 0 bridgehead atoms. The molecule has 0 unspecified atom stereocenters. The predicted molar refractivity (Wildman–Crippen MR) is 101 cm³/mol. The molecule has 2 rings (SSSR count). The van der Waals surface area contributed by atoms with Crippen LogP contribution >= 0.6 is 15.9 Å². The highest BCUT2D eigenvalue weighted by Gasteiger charge is 2.34. The quantitative estimate of drug-likeness (QED) is 0.775. The Balaban J connectivity index is 2.40. The molecule has 0 saturated carbocycles. The smallest absolute Gasteiger partial charge is 0.259 e. The monoisotopic (exact) mass is 427 g/mol. The molecule has 1 N–H and O–H groups in total. The van der Waals surface area contributed by atoms with E-state index in [0.29, 0.717) is 29.5 Å². The molecule has 8 heteroatoms. The van der Waals surface area contributed by atoms with Gasteiger partial charge in [0.1, 0.15) is 11.7 Å². The van der Waals surface area contributed by atoms with Gasteiger partial charge in [-0.3, -0.25) is 9.59 Å². The van der Waals surface area contributed by atoms with Crippen molar-refractivity contribution >= 4 is 27.7 Å². The third kappa shape index (κ3) is 4.54. The molecule has 0 fully saturated rings. The lowest BCUT2D eigenvalue weighted by Crippen LogP contribution is -2.50. The summed E-state index contributed by atoms with van der Waals surface area (Å²) in [7, 11) is 1.75. The summed E-state index contributed by atoms with van der Waals surface area (Å²) >= 11 is 3.34. The van der Waals surface area contributed by atoms with Crippen molar-refractivity contribution in [2.24, 2.45) is 5.92 Å². The number of carbonyl (C=O) groups excluding carboxylic acids is 2. The SMILES string of the molecule is CCC(=O)N(C)C[C@@H]1Oc2ncc(Br)cc2C(=O)N([C@H](C)CO)C[C@H]1C. The minimum Gasteiger partial charge on any atom is -0.472 e. The molecule has 1 aromatic rings. The first kappa shape index (κ1) is 20.6. The number of aliphatic hydroxyl groups is 1. The fourth-order valence-corrected chi connectivity index (χ4v) is 3.27. The lowest BCUT2D eigenvalue weighted by Gasteiger charge is -2.37. The lowest BCUT2D eigenvalue weighted by atomic mass is 10.00. The molecule has 2 amide bonds. The fraction of sp³-hybridized carbons (Fsp3) is 0.611. The highest BCUT2D eigenvalue weighted by molar-refractivity contribution is 9.10. The van der Waals surface area contributed by atoms with Gasteiger partial charge in [-0.15, -0.1) is 0 Å². The Labute approximate surface area is 162 Å². The number of aromatic nitrogens is 1. The summed E-state index contributed by atoms with van der Waals surface area (Å²) in [6.45, 7) is 6.29. The van der Waals surface area contributed by atoms with Crippen molar-refractivity contribution in [3.8, 4) is 5.88 Å². The van der Waals surface area contributed by atoms with Gasteiger partial charge in [-0.05, 0) is 28.9 Å². The average molecular weight is 428 g/mol. The van der Waals surface area contributed by atoms with Crippen LogP contribution in [0.25, 0.3) is 0 Å². The van der Waals surface area contributed by atoms with Gasteiger partial charge >= 0.3 is 0 Å². The molecule has 0 spiro atoms. The van der Waals surface area contributed by atoms with Crippen LogP contribution in [-0.2, 0) is 4.79 Å². The number of amides is 2. The van der Waals surface area contributed by atoms with Gasteiger partial charge < -0.3 is 19.6 Å². The maximum Gasteiger partial charge on any atom is 0.259 e. The van der Waals surface area contributed by atoms with Gasteiger partial charge in [0.25, 0.3) is 5.91 Å². The van der Waals surface area contributed by atoms with Gasteiger partial charge in [0.2, 0.25) is 11.8 Å². The number of aliphatic hydroxyl groups excluding tert-OH is 1. The number of ether oxygens (including phenoxy) is 1. The van der Waals surface area contributed by atoms with Crippen LogP contribution in [0.2, 0.25) is 0 Å². The summed E-state index contributed by atoms with van der Waals surface area (Å²) in [5.74, 6) is 0.0167. The van der Waals surface area contributed by atoms with Crippen LogP contribution < -0.4 is 4.74 Å². The van der Waals surface area contributed by atoms with E-state index < -0.39 is 0 Å². The van der Waals surface area contributed by atoms with E-state index >= 15 is 0 Å². The van der Waals surface area contributed by atoms with Gasteiger partial charge in [0, 0.05) is 36.6 Å². The Hall–Kier alpha value is -1.67. The van der Waals surface area contributed by atoms with Gasteiger partial charge in [0.05, 0.1) is 19.2 Å². The van der Waals surface area contributed by atoms with Crippen LogP contribution in [0.15, 0.2) is 16.7 Å². The second kappa shape index (κ2) is 8.81. The van der Waals surface area contributed by atoms with Crippen LogP contribution in [-0.4, -0.2) is 70.6 Å². The number of carbonyl (C=O) groups is 2. The summed E-state index contributed by atoms with van der Waals surface area (Å²) in [4.78, 5) is 32.5. The molecule has 26 heavy (non-hydrogen) atoms. The Morgan fingerprint density at radius 3 is 2.88 bits per heavy atom. The maximum absolute atomic E-state index is 13.0. The van der Waals surface area contributed by atoms with Crippen LogP contribution in [0.5, 0.6) is 5.88 Å². The number of pyridine rings is 1. The highest BCUT2D eigenvalue weighted by Crippen LogP contribution is 2.28. The third-order valence-electron chi connectivity index (χ3n) is 4.67. The minimum absolute atomic E-state index is 0.0310. The average Bonchev–Trinajstić information content (AvgIpc) is 2.63. The van der Waals surface area contributed by atoms with Crippen molar-refractivity contribution in [1.82, 2.24) is 14.8 Å². The number of hydrogen-bond acceptors (Lipinski definition) is 5. The molecule has 1 aromatic heterocycles. The largest absolute Gasteiger partial charge is 0.472 e. The fourth-order valence-electron chi connectivity index (χ4n) is 2.94. The molecule has 2 heterocycles. The van der Waals surface area contributed by atoms with Crippen LogP contribution in [0.4, 0.5) is 0 Å². The number of halogens is 1. The first-order chi connectivity index (χ1) is 12.3. The zero-order chi connectivity index (χ0) is 19.4. The standard InChI is InChI=1S/C18H26BrN3O4/c1-5-16(24)21(4)9-15-11(2)8-22(12(3)10-23)18(25)14-6-13(19)7-20-17(14)26-15/h6-7,11-12,15,23H,5,8-10H2,1-4H3/t11-,12-,15+/m1/s1. The summed E-state index contributed by atoms with van der Waals surface area (Å²) in [5, 5.41) is 9.57. The van der Waals surface area contributed by atoms with Gasteiger partial charge in [-0.1, -0.05) is 13.8 Å². The van der Waals surface area contributed by atoms with E-state index in [1.54, 1.807) is 36.0 Å². The van der Waals surface area contributed by atoms with Crippen molar-refractivity contribution in [3.05, 3.63) is 22.3 Å². The van der Waals surface area contributed by atoms with Crippen molar-refractivity contribution in [3.63, 3.8) is 0 Å². The highest BCUT2D eigenvalue weighted by atomic mass is 79.9. The van der Waals surface area contributed by atoms with E-state index in [4.69, 9.17) is 4.74 Å². The van der Waals surface area contributed by atoms with E-state index in [1.807, 2.05) is 13.8 Å². The Morgan fingerprint density at radius 1 is 1.58 bits per heavy atom. The van der Waals surface area contributed by atoms with E-state index in [0.717, 1.165) is 0 Å². The van der Waals surface area contributed by atoms with E-state index in [-0.39, 0.29) is 42.4 Å². The molecule has 0 radical (unpaired) electrons. The maximum atomic E-state index is 13.0. The number of rotatable bonds is 5. The second-order valence-electron chi connectivity index (χ2n) is 6.76. The molecular weight excluding hydrogens is 402 g/mol. The van der Waals surface area contributed by atoms with Crippen molar-refractivity contribution in [2.45, 2.75) is 39.3 Å². The number of hydrogen-bond donors (Lipinski definition) is 1. The van der Waals surface area contributed by atoms with Crippen molar-refractivity contribution < 1.29 is 19.4 Å². The topological polar surface area (TPSA) is 83.0 Å². The summed E-state index contributed by atoms with van der Waals surface area (Å²) < 4.78 is 6.74. The molecule has 1 aliphatic rings. The zero-order valence-corrected chi connectivity index (χ0v) is 17.2. The van der Waals surface area contributed by atoms with Gasteiger partial charge in [-0.25, -0.2) is 4.98 Å². The molecule has 0 aromatic carbocycles. The molecule has 0 aliphatic carbocycles. The number of likely N-dealkylation sites (N-methyl/N-ethyl adjacent to an activating group) is 1. The summed E-state index contributed by atoms with van der Waals surface area (Å²) in [6.07, 6.45) is 1.69. The van der Waals surface area contributed by atoms with E-state index in [1.165, 1.54) is 0 Å². The zero-order valence-electron chi connectivity index (χ0n) is 15.6. The van der Waals surface area contributed by atoms with Crippen LogP contribution in [0.3, 0.4) is 0 Å². The first-order valence-corrected chi connectivity index (χ1v) is 9.55. The van der Waals surface area contributed by atoms with Crippen LogP contribution in [0, 0.1) is 5.92 Å². The third-order valence-corrected chi connectivity index (χ3v) is 5.10. The molecule has 1 aliphatic heterocycles.